The van der Waals surface area contributed by atoms with E-state index in [0.717, 1.165) is 0 Å². The normalized spacial score (nSPS) is 45.4. The lowest BCUT2D eigenvalue weighted by molar-refractivity contribution is -0.225. The predicted octanol–water partition coefficient (Wildman–Crippen LogP) is -0.163. The van der Waals surface area contributed by atoms with Crippen molar-refractivity contribution in [1.82, 2.24) is 0 Å². The van der Waals surface area contributed by atoms with Gasteiger partial charge >= 0.3 is 0 Å². The Morgan fingerprint density at radius 3 is 2.50 bits per heavy atom. The summed E-state index contributed by atoms with van der Waals surface area (Å²) in [5.41, 5.74) is 5.58. The van der Waals surface area contributed by atoms with Gasteiger partial charge < -0.3 is 24.7 Å². The molecule has 4 unspecified atom stereocenters. The quantitative estimate of drug-likeness (QED) is 0.675. The molecular formula is C9H17NO4. The van der Waals surface area contributed by atoms with E-state index < -0.39 is 5.79 Å². The molecule has 2 rings (SSSR count). The Labute approximate surface area is 83.4 Å². The fraction of sp³-hybridized carbons (Fsp3) is 1.00. The average molecular weight is 203 g/mol. The van der Waals surface area contributed by atoms with Crippen molar-refractivity contribution in [3.63, 3.8) is 0 Å². The van der Waals surface area contributed by atoms with Gasteiger partial charge in [0.15, 0.2) is 12.1 Å². The third-order valence-corrected chi connectivity index (χ3v) is 2.57. The molecule has 0 bridgehead atoms. The van der Waals surface area contributed by atoms with Crippen molar-refractivity contribution in [3.8, 4) is 0 Å². The molecule has 14 heavy (non-hydrogen) atoms. The van der Waals surface area contributed by atoms with Gasteiger partial charge in [-0.2, -0.15) is 0 Å². The smallest absolute Gasteiger partial charge is 0.186 e. The molecule has 0 aromatic rings. The van der Waals surface area contributed by atoms with E-state index in [1.54, 1.807) is 7.11 Å². The van der Waals surface area contributed by atoms with E-state index in [2.05, 4.69) is 0 Å². The summed E-state index contributed by atoms with van der Waals surface area (Å²) < 4.78 is 22.1. The molecule has 0 aliphatic carbocycles. The van der Waals surface area contributed by atoms with E-state index in [4.69, 9.17) is 24.7 Å². The summed E-state index contributed by atoms with van der Waals surface area (Å²) in [6, 6.07) is 0. The van der Waals surface area contributed by atoms with Crippen molar-refractivity contribution in [2.45, 2.75) is 44.2 Å². The number of fused-ring (bicyclic) bond motifs is 1. The summed E-state index contributed by atoms with van der Waals surface area (Å²) in [4.78, 5) is 0. The van der Waals surface area contributed by atoms with Crippen LogP contribution in [0, 0.1) is 0 Å². The minimum absolute atomic E-state index is 0.111. The van der Waals surface area contributed by atoms with E-state index in [0.29, 0.717) is 6.54 Å². The third-order valence-electron chi connectivity index (χ3n) is 2.57. The molecule has 2 saturated heterocycles. The number of ether oxygens (including phenoxy) is 4. The zero-order chi connectivity index (χ0) is 10.3. The number of nitrogens with two attached hydrogens (primary N) is 1. The van der Waals surface area contributed by atoms with Gasteiger partial charge in [-0.1, -0.05) is 0 Å². The van der Waals surface area contributed by atoms with Gasteiger partial charge in [-0.15, -0.1) is 0 Å². The van der Waals surface area contributed by atoms with Crippen molar-refractivity contribution in [1.29, 1.82) is 0 Å². The maximum atomic E-state index is 5.70. The highest BCUT2D eigenvalue weighted by atomic mass is 16.8. The van der Waals surface area contributed by atoms with Crippen molar-refractivity contribution in [2.75, 3.05) is 13.7 Å². The molecule has 0 spiro atoms. The van der Waals surface area contributed by atoms with Crippen LogP contribution in [-0.4, -0.2) is 44.0 Å². The van der Waals surface area contributed by atoms with Gasteiger partial charge in [0.1, 0.15) is 18.3 Å². The molecule has 2 heterocycles. The first-order chi connectivity index (χ1) is 6.57. The van der Waals surface area contributed by atoms with E-state index in [1.165, 1.54) is 0 Å². The largest absolute Gasteiger partial charge is 0.353 e. The molecule has 0 amide bonds. The first-order valence-corrected chi connectivity index (χ1v) is 4.81. The molecule has 5 heteroatoms. The van der Waals surface area contributed by atoms with Crippen LogP contribution in [-0.2, 0) is 18.9 Å². The summed E-state index contributed by atoms with van der Waals surface area (Å²) in [7, 11) is 1.59. The van der Waals surface area contributed by atoms with Crippen LogP contribution in [0.1, 0.15) is 13.8 Å². The minimum atomic E-state index is -0.566. The monoisotopic (exact) mass is 203 g/mol. The topological polar surface area (TPSA) is 62.9 Å². The molecule has 2 N–H and O–H groups in total. The van der Waals surface area contributed by atoms with Crippen molar-refractivity contribution in [2.24, 2.45) is 5.73 Å². The van der Waals surface area contributed by atoms with Gasteiger partial charge in [-0.05, 0) is 13.8 Å². The fourth-order valence-corrected chi connectivity index (χ4v) is 2.02. The van der Waals surface area contributed by atoms with Crippen LogP contribution in [0.25, 0.3) is 0 Å². The summed E-state index contributed by atoms with van der Waals surface area (Å²) in [6.45, 7) is 4.18. The van der Waals surface area contributed by atoms with E-state index >= 15 is 0 Å². The molecule has 4 atom stereocenters. The number of rotatable bonds is 2. The maximum Gasteiger partial charge on any atom is 0.186 e. The van der Waals surface area contributed by atoms with Crippen molar-refractivity contribution in [3.05, 3.63) is 0 Å². The lowest BCUT2D eigenvalue weighted by Crippen LogP contribution is -2.34. The van der Waals surface area contributed by atoms with Crippen LogP contribution < -0.4 is 5.73 Å². The summed E-state index contributed by atoms with van der Waals surface area (Å²) in [6.07, 6.45) is -0.773. The molecule has 0 aromatic carbocycles. The predicted molar refractivity (Wildman–Crippen MR) is 48.5 cm³/mol. The molecule has 5 nitrogen and oxygen atoms in total. The Bertz CT molecular complexity index is 201. The van der Waals surface area contributed by atoms with Crippen molar-refractivity contribution >= 4 is 0 Å². The zero-order valence-electron chi connectivity index (χ0n) is 8.73. The van der Waals surface area contributed by atoms with Crippen LogP contribution in [0.2, 0.25) is 0 Å². The minimum Gasteiger partial charge on any atom is -0.353 e. The highest BCUT2D eigenvalue weighted by Crippen LogP contribution is 2.38. The van der Waals surface area contributed by atoms with Gasteiger partial charge in [0.25, 0.3) is 0 Å². The van der Waals surface area contributed by atoms with E-state index in [1.807, 2.05) is 13.8 Å². The standard InChI is InChI=1S/C9H17NO4/c1-9(2)13-6-5(4-10)12-8(11-3)7(6)14-9/h5-8H,4,10H2,1-3H3. The molecule has 0 radical (unpaired) electrons. The van der Waals surface area contributed by atoms with E-state index in [-0.39, 0.29) is 24.6 Å². The van der Waals surface area contributed by atoms with E-state index in [9.17, 15) is 0 Å². The van der Waals surface area contributed by atoms with Crippen LogP contribution in [0.15, 0.2) is 0 Å². The molecule has 0 aromatic heterocycles. The van der Waals surface area contributed by atoms with Gasteiger partial charge in [0.2, 0.25) is 0 Å². The first-order valence-electron chi connectivity index (χ1n) is 4.81. The fourth-order valence-electron chi connectivity index (χ4n) is 2.02. The SMILES string of the molecule is COC1OC(CN)C2OC(C)(C)OC12. The zero-order valence-corrected chi connectivity index (χ0v) is 8.73. The van der Waals surface area contributed by atoms with Gasteiger partial charge in [-0.25, -0.2) is 0 Å². The second-order valence-corrected chi connectivity index (χ2v) is 4.08. The van der Waals surface area contributed by atoms with Crippen molar-refractivity contribution < 1.29 is 18.9 Å². The lowest BCUT2D eigenvalue weighted by atomic mass is 10.1. The van der Waals surface area contributed by atoms with Crippen LogP contribution in [0.4, 0.5) is 0 Å². The molecule has 82 valence electrons. The third kappa shape index (κ3) is 1.55. The van der Waals surface area contributed by atoms with Crippen LogP contribution >= 0.6 is 0 Å². The molecule has 2 aliphatic heterocycles. The molecular weight excluding hydrogens is 186 g/mol. The molecule has 0 saturated carbocycles. The number of methoxy groups -OCH3 is 1. The van der Waals surface area contributed by atoms with Gasteiger partial charge in [-0.3, -0.25) is 0 Å². The van der Waals surface area contributed by atoms with Gasteiger partial charge in [0, 0.05) is 13.7 Å². The Morgan fingerprint density at radius 2 is 1.93 bits per heavy atom. The second kappa shape index (κ2) is 3.43. The second-order valence-electron chi connectivity index (χ2n) is 4.08. The Morgan fingerprint density at radius 1 is 1.29 bits per heavy atom. The molecule has 2 fully saturated rings. The summed E-state index contributed by atoms with van der Waals surface area (Å²) in [5.74, 6) is -0.566. The van der Waals surface area contributed by atoms with Crippen LogP contribution in [0.3, 0.4) is 0 Å². The lowest BCUT2D eigenvalue weighted by Gasteiger charge is -2.22. The maximum absolute atomic E-state index is 5.70. The number of hydrogen-bond donors (Lipinski definition) is 1. The number of hydrogen-bond acceptors (Lipinski definition) is 5. The molecule has 2 aliphatic rings. The highest BCUT2D eigenvalue weighted by Gasteiger charge is 2.54. The highest BCUT2D eigenvalue weighted by molar-refractivity contribution is 4.95. The Kier molecular flexibility index (Phi) is 2.53. The van der Waals surface area contributed by atoms with Crippen LogP contribution in [0.5, 0.6) is 0 Å². The first kappa shape index (κ1) is 10.3. The average Bonchev–Trinajstić information content (AvgIpc) is 2.57. The summed E-state index contributed by atoms with van der Waals surface area (Å²) >= 11 is 0. The van der Waals surface area contributed by atoms with Gasteiger partial charge in [0.05, 0.1) is 0 Å². The Balaban J connectivity index is 2.12. The summed E-state index contributed by atoms with van der Waals surface area (Å²) in [5, 5.41) is 0. The Hall–Kier alpha value is -0.200.